The molecule has 1 aromatic heterocycles. The standard InChI is InChI=1S/C22H24N4O3/c1-29-18-9-7-15(8-10-18)21-19(14-26(25-21)17-5-3-2-4-6-17)22(28)24-12-16-11-23-13-20(16)27/h2-10,14,16,20,23,27H,11-13H2,1H3,(H,24,28). The lowest BCUT2D eigenvalue weighted by atomic mass is 10.1. The van der Waals surface area contributed by atoms with E-state index in [1.54, 1.807) is 18.0 Å². The van der Waals surface area contributed by atoms with Gasteiger partial charge in [0, 0.05) is 37.3 Å². The van der Waals surface area contributed by atoms with Crippen LogP contribution < -0.4 is 15.4 Å². The van der Waals surface area contributed by atoms with Crippen molar-refractivity contribution in [2.45, 2.75) is 6.10 Å². The lowest BCUT2D eigenvalue weighted by molar-refractivity contribution is 0.0927. The molecule has 0 aliphatic carbocycles. The molecule has 2 unspecified atom stereocenters. The minimum atomic E-state index is -0.441. The molecule has 0 spiro atoms. The van der Waals surface area contributed by atoms with Crippen molar-refractivity contribution < 1.29 is 14.6 Å². The highest BCUT2D eigenvalue weighted by Crippen LogP contribution is 2.26. The van der Waals surface area contributed by atoms with E-state index in [-0.39, 0.29) is 11.8 Å². The van der Waals surface area contributed by atoms with Gasteiger partial charge in [0.1, 0.15) is 11.4 Å². The molecule has 7 nitrogen and oxygen atoms in total. The monoisotopic (exact) mass is 392 g/mol. The van der Waals surface area contributed by atoms with Crippen molar-refractivity contribution in [3.8, 4) is 22.7 Å². The number of β-amino-alcohol motifs (C(OH)–C–C–N with tert-alkyl or cyclic N) is 1. The fourth-order valence-corrected chi connectivity index (χ4v) is 3.46. The van der Waals surface area contributed by atoms with Gasteiger partial charge in [0.25, 0.3) is 5.91 Å². The van der Waals surface area contributed by atoms with Crippen molar-refractivity contribution in [1.82, 2.24) is 20.4 Å². The van der Waals surface area contributed by atoms with Crippen LogP contribution in [0, 0.1) is 5.92 Å². The van der Waals surface area contributed by atoms with E-state index >= 15 is 0 Å². The summed E-state index contributed by atoms with van der Waals surface area (Å²) in [6.45, 7) is 1.66. The second-order valence-corrected chi connectivity index (χ2v) is 7.10. The highest BCUT2D eigenvalue weighted by molar-refractivity contribution is 6.00. The van der Waals surface area contributed by atoms with E-state index in [1.807, 2.05) is 54.6 Å². The zero-order valence-electron chi connectivity index (χ0n) is 16.2. The van der Waals surface area contributed by atoms with Gasteiger partial charge in [-0.05, 0) is 36.4 Å². The summed E-state index contributed by atoms with van der Waals surface area (Å²) in [4.78, 5) is 13.0. The van der Waals surface area contributed by atoms with Crippen LogP contribution in [0.15, 0.2) is 60.8 Å². The summed E-state index contributed by atoms with van der Waals surface area (Å²) in [6.07, 6.45) is 1.30. The predicted molar refractivity (Wildman–Crippen MR) is 110 cm³/mol. The lowest BCUT2D eigenvalue weighted by Gasteiger charge is -2.14. The summed E-state index contributed by atoms with van der Waals surface area (Å²) in [5.41, 5.74) is 2.78. The minimum Gasteiger partial charge on any atom is -0.497 e. The van der Waals surface area contributed by atoms with Gasteiger partial charge in [-0.2, -0.15) is 5.10 Å². The number of methoxy groups -OCH3 is 1. The average Bonchev–Trinajstić information content (AvgIpc) is 3.39. The summed E-state index contributed by atoms with van der Waals surface area (Å²) in [7, 11) is 1.62. The van der Waals surface area contributed by atoms with Gasteiger partial charge in [0.05, 0.1) is 24.5 Å². The summed E-state index contributed by atoms with van der Waals surface area (Å²) in [6, 6.07) is 17.1. The normalized spacial score (nSPS) is 18.6. The molecule has 0 radical (unpaired) electrons. The second kappa shape index (κ2) is 8.46. The van der Waals surface area contributed by atoms with E-state index in [1.165, 1.54) is 0 Å². The van der Waals surface area contributed by atoms with Crippen molar-refractivity contribution in [3.05, 3.63) is 66.4 Å². The number of aliphatic hydroxyl groups excluding tert-OH is 1. The molecule has 1 amide bonds. The van der Waals surface area contributed by atoms with E-state index in [0.717, 1.165) is 17.0 Å². The Bertz CT molecular complexity index is 969. The number of nitrogens with zero attached hydrogens (tertiary/aromatic N) is 2. The van der Waals surface area contributed by atoms with Crippen LogP contribution in [-0.2, 0) is 0 Å². The summed E-state index contributed by atoms with van der Waals surface area (Å²) >= 11 is 0. The first kappa shape index (κ1) is 19.2. The Morgan fingerprint density at radius 2 is 1.97 bits per heavy atom. The molecule has 2 atom stereocenters. The van der Waals surface area contributed by atoms with Crippen LogP contribution in [0.2, 0.25) is 0 Å². The van der Waals surface area contributed by atoms with Gasteiger partial charge in [-0.1, -0.05) is 18.2 Å². The second-order valence-electron chi connectivity index (χ2n) is 7.10. The molecule has 150 valence electrons. The van der Waals surface area contributed by atoms with Crippen LogP contribution in [0.5, 0.6) is 5.75 Å². The van der Waals surface area contributed by atoms with Crippen molar-refractivity contribution in [1.29, 1.82) is 0 Å². The fraction of sp³-hybridized carbons (Fsp3) is 0.273. The smallest absolute Gasteiger partial charge is 0.255 e. The van der Waals surface area contributed by atoms with E-state index in [0.29, 0.717) is 30.9 Å². The number of hydrogen-bond donors (Lipinski definition) is 3. The Balaban J connectivity index is 1.64. The Morgan fingerprint density at radius 1 is 1.21 bits per heavy atom. The third-order valence-corrected chi connectivity index (χ3v) is 5.17. The molecule has 2 heterocycles. The van der Waals surface area contributed by atoms with E-state index < -0.39 is 6.10 Å². The van der Waals surface area contributed by atoms with Crippen molar-refractivity contribution in [2.24, 2.45) is 5.92 Å². The number of aromatic nitrogens is 2. The fourth-order valence-electron chi connectivity index (χ4n) is 3.46. The maximum absolute atomic E-state index is 13.0. The highest BCUT2D eigenvalue weighted by Gasteiger charge is 2.26. The van der Waals surface area contributed by atoms with Gasteiger partial charge in [0.15, 0.2) is 0 Å². The van der Waals surface area contributed by atoms with Gasteiger partial charge < -0.3 is 20.5 Å². The third-order valence-electron chi connectivity index (χ3n) is 5.17. The van der Waals surface area contributed by atoms with Crippen molar-refractivity contribution in [2.75, 3.05) is 26.7 Å². The number of benzene rings is 2. The van der Waals surface area contributed by atoms with Crippen LogP contribution in [0.25, 0.3) is 16.9 Å². The predicted octanol–water partition coefficient (Wildman–Crippen LogP) is 1.86. The molecule has 1 saturated heterocycles. The molecular weight excluding hydrogens is 368 g/mol. The molecule has 1 aliphatic heterocycles. The number of nitrogens with one attached hydrogen (secondary N) is 2. The van der Waals surface area contributed by atoms with Crippen LogP contribution in [0.1, 0.15) is 10.4 Å². The largest absolute Gasteiger partial charge is 0.497 e. The van der Waals surface area contributed by atoms with Crippen LogP contribution >= 0.6 is 0 Å². The average molecular weight is 392 g/mol. The third kappa shape index (κ3) is 4.16. The molecule has 4 rings (SSSR count). The SMILES string of the molecule is COc1ccc(-c2nn(-c3ccccc3)cc2C(=O)NCC2CNCC2O)cc1. The number of para-hydroxylation sites is 1. The summed E-state index contributed by atoms with van der Waals surface area (Å²) in [5, 5.41) is 20.7. The first-order valence-electron chi connectivity index (χ1n) is 9.62. The zero-order valence-corrected chi connectivity index (χ0v) is 16.2. The Labute approximate surface area is 169 Å². The van der Waals surface area contributed by atoms with Crippen molar-refractivity contribution in [3.63, 3.8) is 0 Å². The van der Waals surface area contributed by atoms with Crippen LogP contribution in [-0.4, -0.2) is 53.6 Å². The quantitative estimate of drug-likeness (QED) is 0.596. The molecule has 7 heteroatoms. The van der Waals surface area contributed by atoms with Crippen LogP contribution in [0.4, 0.5) is 0 Å². The number of rotatable bonds is 6. The number of aliphatic hydroxyl groups is 1. The lowest BCUT2D eigenvalue weighted by Crippen LogP contribution is -2.34. The number of ether oxygens (including phenoxy) is 1. The van der Waals surface area contributed by atoms with Gasteiger partial charge in [0.2, 0.25) is 0 Å². The molecule has 29 heavy (non-hydrogen) atoms. The van der Waals surface area contributed by atoms with Gasteiger partial charge in [-0.3, -0.25) is 4.79 Å². The summed E-state index contributed by atoms with van der Waals surface area (Å²) < 4.78 is 6.94. The number of hydrogen-bond acceptors (Lipinski definition) is 5. The topological polar surface area (TPSA) is 88.4 Å². The number of carbonyl (C=O) groups is 1. The zero-order chi connectivity index (χ0) is 20.2. The van der Waals surface area contributed by atoms with E-state index in [2.05, 4.69) is 15.7 Å². The molecule has 3 aromatic rings. The molecule has 2 aromatic carbocycles. The maximum atomic E-state index is 13.0. The molecule has 0 bridgehead atoms. The molecule has 1 aliphatic rings. The molecular formula is C22H24N4O3. The minimum absolute atomic E-state index is 0.00700. The van der Waals surface area contributed by atoms with E-state index in [9.17, 15) is 9.90 Å². The number of carbonyl (C=O) groups excluding carboxylic acids is 1. The first-order chi connectivity index (χ1) is 14.2. The molecule has 3 N–H and O–H groups in total. The van der Waals surface area contributed by atoms with Gasteiger partial charge >= 0.3 is 0 Å². The Kier molecular flexibility index (Phi) is 5.59. The maximum Gasteiger partial charge on any atom is 0.255 e. The molecule has 1 fully saturated rings. The molecule has 0 saturated carbocycles. The summed E-state index contributed by atoms with van der Waals surface area (Å²) in [5.74, 6) is 0.537. The van der Waals surface area contributed by atoms with Crippen molar-refractivity contribution >= 4 is 5.91 Å². The first-order valence-corrected chi connectivity index (χ1v) is 9.62. The Hall–Kier alpha value is -3.16. The van der Waals surface area contributed by atoms with Gasteiger partial charge in [-0.25, -0.2) is 4.68 Å². The van der Waals surface area contributed by atoms with Crippen LogP contribution in [0.3, 0.4) is 0 Å². The highest BCUT2D eigenvalue weighted by atomic mass is 16.5. The van der Waals surface area contributed by atoms with Gasteiger partial charge in [-0.15, -0.1) is 0 Å². The Morgan fingerprint density at radius 3 is 2.62 bits per heavy atom. The number of amides is 1. The van der Waals surface area contributed by atoms with E-state index in [4.69, 9.17) is 4.74 Å².